The molecule has 0 radical (unpaired) electrons. The Balaban J connectivity index is 2.26. The molecule has 0 bridgehead atoms. The summed E-state index contributed by atoms with van der Waals surface area (Å²) in [6.07, 6.45) is 1.69. The molecule has 0 unspecified atom stereocenters. The summed E-state index contributed by atoms with van der Waals surface area (Å²) >= 11 is 0. The van der Waals surface area contributed by atoms with Gasteiger partial charge < -0.3 is 10.6 Å². The first-order valence-electron chi connectivity index (χ1n) is 4.17. The molecule has 0 spiro atoms. The first-order valence-corrected chi connectivity index (χ1v) is 4.17. The molecule has 1 aliphatic rings. The second-order valence-electron chi connectivity index (χ2n) is 3.15. The van der Waals surface area contributed by atoms with Crippen LogP contribution in [-0.2, 0) is 0 Å². The second-order valence-corrected chi connectivity index (χ2v) is 3.15. The fourth-order valence-corrected chi connectivity index (χ4v) is 1.42. The van der Waals surface area contributed by atoms with E-state index in [1.54, 1.807) is 18.3 Å². The Morgan fingerprint density at radius 3 is 3.00 bits per heavy atom. The summed E-state index contributed by atoms with van der Waals surface area (Å²) in [5, 5.41) is 8.80. The van der Waals surface area contributed by atoms with Crippen LogP contribution in [0.3, 0.4) is 0 Å². The molecule has 66 valence electrons. The summed E-state index contributed by atoms with van der Waals surface area (Å²) in [6, 6.07) is 5.88. The van der Waals surface area contributed by atoms with Crippen LogP contribution in [0, 0.1) is 11.3 Å². The number of nitrogens with zero attached hydrogens (tertiary/aromatic N) is 3. The van der Waals surface area contributed by atoms with Gasteiger partial charge in [0.25, 0.3) is 0 Å². The monoisotopic (exact) mass is 174 g/mol. The number of hydrogen-bond donors (Lipinski definition) is 1. The zero-order valence-corrected chi connectivity index (χ0v) is 7.14. The van der Waals surface area contributed by atoms with Crippen molar-refractivity contribution in [1.29, 1.82) is 5.26 Å². The lowest BCUT2D eigenvalue weighted by atomic mass is 10.1. The Hall–Kier alpha value is -1.60. The number of hydrogen-bond acceptors (Lipinski definition) is 4. The topological polar surface area (TPSA) is 65.9 Å². The van der Waals surface area contributed by atoms with E-state index >= 15 is 0 Å². The maximum Gasteiger partial charge on any atom is 0.146 e. The smallest absolute Gasteiger partial charge is 0.146 e. The van der Waals surface area contributed by atoms with E-state index in [4.69, 9.17) is 11.0 Å². The molecule has 1 saturated heterocycles. The molecule has 1 aromatic heterocycles. The van der Waals surface area contributed by atoms with Crippen LogP contribution < -0.4 is 10.6 Å². The zero-order chi connectivity index (χ0) is 9.26. The third-order valence-electron chi connectivity index (χ3n) is 2.12. The van der Waals surface area contributed by atoms with Gasteiger partial charge in [-0.05, 0) is 12.1 Å². The van der Waals surface area contributed by atoms with E-state index in [9.17, 15) is 0 Å². The lowest BCUT2D eigenvalue weighted by molar-refractivity contribution is 0.514. The minimum Gasteiger partial charge on any atom is -0.352 e. The summed E-state index contributed by atoms with van der Waals surface area (Å²) in [5.74, 6) is 0.756. The van der Waals surface area contributed by atoms with Crippen LogP contribution in [0.1, 0.15) is 5.56 Å². The van der Waals surface area contributed by atoms with Crippen LogP contribution in [0.2, 0.25) is 0 Å². The van der Waals surface area contributed by atoms with Crippen LogP contribution in [0.15, 0.2) is 18.3 Å². The number of rotatable bonds is 1. The highest BCUT2D eigenvalue weighted by atomic mass is 15.3. The van der Waals surface area contributed by atoms with Gasteiger partial charge >= 0.3 is 0 Å². The lowest BCUT2D eigenvalue weighted by Gasteiger charge is -2.38. The molecule has 1 aromatic rings. The van der Waals surface area contributed by atoms with Gasteiger partial charge in [0.05, 0.1) is 5.56 Å². The van der Waals surface area contributed by atoms with Crippen molar-refractivity contribution >= 4 is 5.82 Å². The van der Waals surface area contributed by atoms with Crippen molar-refractivity contribution in [2.75, 3.05) is 18.0 Å². The predicted molar refractivity (Wildman–Crippen MR) is 49.1 cm³/mol. The van der Waals surface area contributed by atoms with Crippen LogP contribution >= 0.6 is 0 Å². The standard InChI is InChI=1S/C9H10N4/c10-4-7-2-1-3-12-9(7)13-5-8(11)6-13/h1-3,8H,5-6,11H2. The minimum atomic E-state index is 0.230. The van der Waals surface area contributed by atoms with E-state index in [2.05, 4.69) is 11.1 Å². The van der Waals surface area contributed by atoms with Gasteiger partial charge in [-0.15, -0.1) is 0 Å². The molecule has 0 amide bonds. The number of aromatic nitrogens is 1. The van der Waals surface area contributed by atoms with Crippen molar-refractivity contribution in [2.24, 2.45) is 5.73 Å². The SMILES string of the molecule is N#Cc1cccnc1N1CC(N)C1. The summed E-state index contributed by atoms with van der Waals surface area (Å²) in [4.78, 5) is 6.17. The van der Waals surface area contributed by atoms with Gasteiger partial charge in [0.15, 0.2) is 0 Å². The van der Waals surface area contributed by atoms with Crippen molar-refractivity contribution < 1.29 is 0 Å². The number of nitrogens with two attached hydrogens (primary N) is 1. The average Bonchev–Trinajstić information content (AvgIpc) is 2.13. The Morgan fingerprint density at radius 1 is 1.62 bits per heavy atom. The second kappa shape index (κ2) is 3.04. The Kier molecular flexibility index (Phi) is 1.87. The number of nitriles is 1. The molecule has 0 saturated carbocycles. The summed E-state index contributed by atoms with van der Waals surface area (Å²) in [6.45, 7) is 1.59. The van der Waals surface area contributed by atoms with Gasteiger partial charge in [-0.1, -0.05) is 0 Å². The normalized spacial score (nSPS) is 16.5. The molecule has 4 nitrogen and oxygen atoms in total. The van der Waals surface area contributed by atoms with Crippen molar-refractivity contribution in [3.05, 3.63) is 23.9 Å². The van der Waals surface area contributed by atoms with E-state index in [1.165, 1.54) is 0 Å². The molecule has 2 N–H and O–H groups in total. The van der Waals surface area contributed by atoms with Crippen molar-refractivity contribution in [2.45, 2.75) is 6.04 Å². The third kappa shape index (κ3) is 1.34. The Bertz CT molecular complexity index is 349. The van der Waals surface area contributed by atoms with E-state index < -0.39 is 0 Å². The van der Waals surface area contributed by atoms with E-state index in [0.29, 0.717) is 5.56 Å². The molecular weight excluding hydrogens is 164 g/mol. The van der Waals surface area contributed by atoms with Crippen molar-refractivity contribution in [1.82, 2.24) is 4.98 Å². The maximum atomic E-state index is 8.80. The lowest BCUT2D eigenvalue weighted by Crippen LogP contribution is -2.56. The number of pyridine rings is 1. The van der Waals surface area contributed by atoms with Crippen molar-refractivity contribution in [3.8, 4) is 6.07 Å². The van der Waals surface area contributed by atoms with Crippen molar-refractivity contribution in [3.63, 3.8) is 0 Å². The molecule has 1 aliphatic heterocycles. The van der Waals surface area contributed by atoms with Gasteiger partial charge in [-0.3, -0.25) is 0 Å². The summed E-state index contributed by atoms with van der Waals surface area (Å²) < 4.78 is 0. The largest absolute Gasteiger partial charge is 0.352 e. The summed E-state index contributed by atoms with van der Waals surface area (Å²) in [5.41, 5.74) is 6.27. The zero-order valence-electron chi connectivity index (χ0n) is 7.14. The number of anilines is 1. The molecule has 2 heterocycles. The fourth-order valence-electron chi connectivity index (χ4n) is 1.42. The maximum absolute atomic E-state index is 8.80. The highest BCUT2D eigenvalue weighted by molar-refractivity contribution is 5.55. The average molecular weight is 174 g/mol. The molecule has 0 aromatic carbocycles. The minimum absolute atomic E-state index is 0.230. The predicted octanol–water partition coefficient (Wildman–Crippen LogP) is 0.101. The molecule has 13 heavy (non-hydrogen) atoms. The molecular formula is C9H10N4. The van der Waals surface area contributed by atoms with Gasteiger partial charge in [-0.2, -0.15) is 5.26 Å². The van der Waals surface area contributed by atoms with E-state index in [-0.39, 0.29) is 6.04 Å². The molecule has 1 fully saturated rings. The van der Waals surface area contributed by atoms with Gasteiger partial charge in [-0.25, -0.2) is 4.98 Å². The van der Waals surface area contributed by atoms with E-state index in [1.807, 2.05) is 4.90 Å². The van der Waals surface area contributed by atoms with Crippen LogP contribution in [0.25, 0.3) is 0 Å². The fraction of sp³-hybridized carbons (Fsp3) is 0.333. The molecule has 2 rings (SSSR count). The van der Waals surface area contributed by atoms with E-state index in [0.717, 1.165) is 18.9 Å². The first kappa shape index (κ1) is 8.02. The Labute approximate surface area is 76.6 Å². The first-order chi connectivity index (χ1) is 6.31. The van der Waals surface area contributed by atoms with Gasteiger partial charge in [0.2, 0.25) is 0 Å². The van der Waals surface area contributed by atoms with Gasteiger partial charge in [0.1, 0.15) is 11.9 Å². The summed E-state index contributed by atoms with van der Waals surface area (Å²) in [7, 11) is 0. The van der Waals surface area contributed by atoms with Crippen LogP contribution in [0.5, 0.6) is 0 Å². The van der Waals surface area contributed by atoms with Crippen LogP contribution in [0.4, 0.5) is 5.82 Å². The Morgan fingerprint density at radius 2 is 2.38 bits per heavy atom. The third-order valence-corrected chi connectivity index (χ3v) is 2.12. The van der Waals surface area contributed by atoms with Gasteiger partial charge in [0, 0.05) is 25.3 Å². The van der Waals surface area contributed by atoms with Crippen LogP contribution in [-0.4, -0.2) is 24.1 Å². The quantitative estimate of drug-likeness (QED) is 0.655. The molecule has 0 aliphatic carbocycles. The molecule has 0 atom stereocenters. The highest BCUT2D eigenvalue weighted by Crippen LogP contribution is 2.20. The highest BCUT2D eigenvalue weighted by Gasteiger charge is 2.25. The molecule has 4 heteroatoms.